The number of nitrogens with one attached hydrogen (secondary N) is 1. The van der Waals surface area contributed by atoms with Crippen LogP contribution in [0.25, 0.3) is 0 Å². The van der Waals surface area contributed by atoms with E-state index in [1.165, 1.54) is 27.0 Å². The third kappa shape index (κ3) is 3.56. The molecule has 1 rings (SSSR count). The topological polar surface area (TPSA) is 90.9 Å². The minimum absolute atomic E-state index is 0.00491. The number of carbonyl (C=O) groups is 3. The molecule has 0 bridgehead atoms. The number of amides is 1. The fourth-order valence-electron chi connectivity index (χ4n) is 1.61. The molecule has 1 N–H and O–H groups in total. The zero-order chi connectivity index (χ0) is 13.7. The Morgan fingerprint density at radius 1 is 1.44 bits per heavy atom. The molecule has 100 valence electrons. The molecule has 1 amide bonds. The van der Waals surface area contributed by atoms with Gasteiger partial charge in [0.1, 0.15) is 6.04 Å². The summed E-state index contributed by atoms with van der Waals surface area (Å²) >= 11 is 0. The number of methoxy groups -OCH3 is 1. The molecule has 0 saturated carbocycles. The molecule has 1 aliphatic rings. The maximum absolute atomic E-state index is 11.1. The summed E-state index contributed by atoms with van der Waals surface area (Å²) in [7, 11) is 1.36. The molecule has 0 saturated heterocycles. The van der Waals surface area contributed by atoms with Crippen LogP contribution in [0, 0.1) is 0 Å². The van der Waals surface area contributed by atoms with Crippen molar-refractivity contribution in [3.05, 3.63) is 11.8 Å². The average Bonchev–Trinajstić information content (AvgIpc) is 2.29. The van der Waals surface area contributed by atoms with E-state index in [1.807, 2.05) is 0 Å². The second-order valence-corrected chi connectivity index (χ2v) is 3.71. The molecule has 0 spiro atoms. The summed E-state index contributed by atoms with van der Waals surface area (Å²) in [5, 5.41) is 2.56. The molecule has 7 heteroatoms. The van der Waals surface area contributed by atoms with Gasteiger partial charge in [0, 0.05) is 27.0 Å². The van der Waals surface area contributed by atoms with Crippen LogP contribution in [0.3, 0.4) is 0 Å². The molecule has 0 fully saturated rings. The Balaban J connectivity index is 2.97. The summed E-state index contributed by atoms with van der Waals surface area (Å²) in [6, 6.07) is -0.708. The van der Waals surface area contributed by atoms with Crippen LogP contribution in [0.15, 0.2) is 11.8 Å². The first-order valence-electron chi connectivity index (χ1n) is 5.28. The Morgan fingerprint density at radius 2 is 2.11 bits per heavy atom. The standard InChI is InChI=1S/C11H15NO6/c1-6(14)12-10-9(17-7(2)15)4-8(5-13)18-11(10)16-3/h4-5,9-11H,1-3H3,(H,12,14)/t9-,10+,11+/m0/s1. The smallest absolute Gasteiger partial charge is 0.303 e. The van der Waals surface area contributed by atoms with Gasteiger partial charge in [-0.15, -0.1) is 0 Å². The predicted octanol–water partition coefficient (Wildman–Crippen LogP) is -0.492. The van der Waals surface area contributed by atoms with Gasteiger partial charge < -0.3 is 19.5 Å². The number of allylic oxidation sites excluding steroid dienone is 1. The molecule has 0 aliphatic carbocycles. The van der Waals surface area contributed by atoms with Gasteiger partial charge in [0.15, 0.2) is 18.1 Å². The van der Waals surface area contributed by atoms with Crippen molar-refractivity contribution in [2.75, 3.05) is 7.11 Å². The van der Waals surface area contributed by atoms with Crippen LogP contribution in [0.4, 0.5) is 0 Å². The molecular formula is C11H15NO6. The Morgan fingerprint density at radius 3 is 2.56 bits per heavy atom. The molecule has 0 aromatic rings. The number of hydrogen-bond acceptors (Lipinski definition) is 6. The lowest BCUT2D eigenvalue weighted by Crippen LogP contribution is -2.54. The summed E-state index contributed by atoms with van der Waals surface area (Å²) in [6.45, 7) is 2.55. The first kappa shape index (κ1) is 14.2. The third-order valence-electron chi connectivity index (χ3n) is 2.25. The summed E-state index contributed by atoms with van der Waals surface area (Å²) < 4.78 is 15.2. The van der Waals surface area contributed by atoms with E-state index in [-0.39, 0.29) is 11.7 Å². The molecule has 3 atom stereocenters. The van der Waals surface area contributed by atoms with Crippen LogP contribution < -0.4 is 5.32 Å². The van der Waals surface area contributed by atoms with Crippen LogP contribution >= 0.6 is 0 Å². The van der Waals surface area contributed by atoms with Crippen LogP contribution in [0.2, 0.25) is 0 Å². The Labute approximate surface area is 104 Å². The van der Waals surface area contributed by atoms with E-state index in [0.29, 0.717) is 6.29 Å². The van der Waals surface area contributed by atoms with Crippen molar-refractivity contribution in [1.82, 2.24) is 5.32 Å². The molecule has 1 aliphatic heterocycles. The Bertz CT molecular complexity index is 378. The van der Waals surface area contributed by atoms with Gasteiger partial charge in [-0.2, -0.15) is 0 Å². The van der Waals surface area contributed by atoms with Crippen molar-refractivity contribution < 1.29 is 28.6 Å². The van der Waals surface area contributed by atoms with Crippen molar-refractivity contribution in [2.45, 2.75) is 32.3 Å². The number of esters is 1. The largest absolute Gasteiger partial charge is 0.459 e. The zero-order valence-corrected chi connectivity index (χ0v) is 10.3. The SMILES string of the molecule is CO[C@@H]1OC(C=O)=C[C@H](OC(C)=O)[C@H]1NC(C)=O. The maximum Gasteiger partial charge on any atom is 0.303 e. The fourth-order valence-corrected chi connectivity index (χ4v) is 1.61. The van der Waals surface area contributed by atoms with E-state index >= 15 is 0 Å². The minimum Gasteiger partial charge on any atom is -0.459 e. The second kappa shape index (κ2) is 6.15. The maximum atomic E-state index is 11.1. The summed E-state index contributed by atoms with van der Waals surface area (Å²) in [4.78, 5) is 32.8. The van der Waals surface area contributed by atoms with Crippen LogP contribution in [-0.4, -0.2) is 43.7 Å². The molecule has 0 radical (unpaired) electrons. The summed E-state index contributed by atoms with van der Waals surface area (Å²) in [6.07, 6.45) is 0.0885. The highest BCUT2D eigenvalue weighted by molar-refractivity contribution is 5.74. The van der Waals surface area contributed by atoms with Crippen LogP contribution in [0.5, 0.6) is 0 Å². The van der Waals surface area contributed by atoms with E-state index in [4.69, 9.17) is 14.2 Å². The van der Waals surface area contributed by atoms with Gasteiger partial charge in [0.05, 0.1) is 0 Å². The fraction of sp³-hybridized carbons (Fsp3) is 0.545. The lowest BCUT2D eigenvalue weighted by atomic mass is 10.1. The Kier molecular flexibility index (Phi) is 4.85. The van der Waals surface area contributed by atoms with E-state index in [0.717, 1.165) is 0 Å². The lowest BCUT2D eigenvalue weighted by Gasteiger charge is -2.34. The zero-order valence-electron chi connectivity index (χ0n) is 10.3. The van der Waals surface area contributed by atoms with Crippen molar-refractivity contribution >= 4 is 18.2 Å². The molecule has 7 nitrogen and oxygen atoms in total. The molecule has 0 aromatic heterocycles. The first-order valence-corrected chi connectivity index (χ1v) is 5.28. The molecule has 18 heavy (non-hydrogen) atoms. The molecule has 0 unspecified atom stereocenters. The van der Waals surface area contributed by atoms with Crippen molar-refractivity contribution in [3.8, 4) is 0 Å². The van der Waals surface area contributed by atoms with Gasteiger partial charge in [0.25, 0.3) is 0 Å². The number of carbonyl (C=O) groups excluding carboxylic acids is 3. The highest BCUT2D eigenvalue weighted by atomic mass is 16.7. The average molecular weight is 257 g/mol. The van der Waals surface area contributed by atoms with Crippen LogP contribution in [0.1, 0.15) is 13.8 Å². The number of ether oxygens (including phenoxy) is 3. The number of hydrogen-bond donors (Lipinski definition) is 1. The first-order chi connectivity index (χ1) is 8.47. The highest BCUT2D eigenvalue weighted by Crippen LogP contribution is 2.20. The van der Waals surface area contributed by atoms with Crippen LogP contribution in [-0.2, 0) is 28.6 Å². The molecular weight excluding hydrogens is 242 g/mol. The lowest BCUT2D eigenvalue weighted by molar-refractivity contribution is -0.169. The van der Waals surface area contributed by atoms with Crippen molar-refractivity contribution in [1.29, 1.82) is 0 Å². The van der Waals surface area contributed by atoms with Gasteiger partial charge in [-0.05, 0) is 0 Å². The highest BCUT2D eigenvalue weighted by Gasteiger charge is 2.37. The van der Waals surface area contributed by atoms with E-state index < -0.39 is 24.4 Å². The normalized spacial score (nSPS) is 26.6. The quantitative estimate of drug-likeness (QED) is 0.539. The monoisotopic (exact) mass is 257 g/mol. The van der Waals surface area contributed by atoms with Gasteiger partial charge in [-0.3, -0.25) is 14.4 Å². The van der Waals surface area contributed by atoms with Gasteiger partial charge in [-0.1, -0.05) is 0 Å². The van der Waals surface area contributed by atoms with Crippen molar-refractivity contribution in [2.24, 2.45) is 0 Å². The number of aldehydes is 1. The van der Waals surface area contributed by atoms with E-state index in [1.54, 1.807) is 0 Å². The van der Waals surface area contributed by atoms with Gasteiger partial charge in [-0.25, -0.2) is 0 Å². The predicted molar refractivity (Wildman–Crippen MR) is 59.2 cm³/mol. The van der Waals surface area contributed by atoms with Gasteiger partial charge >= 0.3 is 5.97 Å². The van der Waals surface area contributed by atoms with E-state index in [2.05, 4.69) is 5.32 Å². The molecule has 1 heterocycles. The molecule has 0 aromatic carbocycles. The number of rotatable bonds is 4. The second-order valence-electron chi connectivity index (χ2n) is 3.71. The third-order valence-corrected chi connectivity index (χ3v) is 2.25. The Hall–Kier alpha value is -1.89. The van der Waals surface area contributed by atoms with Gasteiger partial charge in [0.2, 0.25) is 12.2 Å². The van der Waals surface area contributed by atoms with E-state index in [9.17, 15) is 14.4 Å². The summed E-state index contributed by atoms with van der Waals surface area (Å²) in [5.74, 6) is -0.867. The summed E-state index contributed by atoms with van der Waals surface area (Å²) in [5.41, 5.74) is 0. The van der Waals surface area contributed by atoms with Crippen molar-refractivity contribution in [3.63, 3.8) is 0 Å². The minimum atomic E-state index is -0.900.